The van der Waals surface area contributed by atoms with Gasteiger partial charge in [0.25, 0.3) is 0 Å². The monoisotopic (exact) mass is 896 g/mol. The van der Waals surface area contributed by atoms with Crippen molar-refractivity contribution in [3.8, 4) is 0 Å². The first-order valence-corrected chi connectivity index (χ1v) is 22.6. The smallest absolute Gasteiger partial charge is 0.187 e. The molecule has 0 amide bonds. The fraction of sp³-hybridized carbons (Fsp3) is 0.345. The normalized spacial score (nSPS) is 25.4. The van der Waals surface area contributed by atoms with Crippen LogP contribution in [-0.4, -0.2) is 86.8 Å². The molecule has 6 aromatic carbocycles. The van der Waals surface area contributed by atoms with Crippen LogP contribution in [-0.2, 0) is 87.0 Å². The average molecular weight is 897 g/mol. The minimum Gasteiger partial charge on any atom is -0.387 e. The lowest BCUT2D eigenvalue weighted by Crippen LogP contribution is -2.66. The van der Waals surface area contributed by atoms with Gasteiger partial charge in [0, 0.05) is 7.11 Å². The lowest BCUT2D eigenvalue weighted by molar-refractivity contribution is -0.373. The Morgan fingerprint density at radius 3 is 1.08 bits per heavy atom. The molecule has 66 heavy (non-hydrogen) atoms. The molecule has 0 spiro atoms. The van der Waals surface area contributed by atoms with Crippen molar-refractivity contribution in [2.45, 2.75) is 101 Å². The van der Waals surface area contributed by atoms with Gasteiger partial charge in [0.15, 0.2) is 12.6 Å². The van der Waals surface area contributed by atoms with Crippen molar-refractivity contribution in [1.29, 1.82) is 0 Å². The van der Waals surface area contributed by atoms with E-state index < -0.39 is 61.4 Å². The number of hydrogen-bond donors (Lipinski definition) is 1. The third-order valence-electron chi connectivity index (χ3n) is 11.7. The number of rotatable bonds is 23. The molecule has 2 aliphatic rings. The Kier molecular flexibility index (Phi) is 18.0. The summed E-state index contributed by atoms with van der Waals surface area (Å²) in [5.74, 6) is 0. The van der Waals surface area contributed by atoms with Crippen molar-refractivity contribution in [3.63, 3.8) is 0 Å². The predicted molar refractivity (Wildman–Crippen MR) is 247 cm³/mol. The maximum Gasteiger partial charge on any atom is 0.187 e. The van der Waals surface area contributed by atoms with Crippen molar-refractivity contribution in [2.24, 2.45) is 0 Å². The van der Waals surface area contributed by atoms with Crippen LogP contribution in [0.25, 0.3) is 0 Å². The lowest BCUT2D eigenvalue weighted by atomic mass is 9.96. The molecule has 2 saturated heterocycles. The number of methoxy groups -OCH3 is 1. The van der Waals surface area contributed by atoms with Crippen molar-refractivity contribution >= 4 is 0 Å². The standard InChI is InChI=1S/C55H60O11/c1-57-54-53(63-37-45-30-18-7-19-31-45)51(61-35-43-26-14-5-15-27-43)49(47(65-54)39-59-33-41-22-10-3-11-23-41)66-55-52(62-36-44-28-16-6-17-29-44)50(60-34-42-24-12-4-13-25-42)48(56)46(64-55)38-58-32-40-20-8-2-9-21-40/h2-31,46-56H,32-39H2,1H3/t46-,47-,48+,49-,50+,51+,52-,53-,54-,55+/m1/s1. The third kappa shape index (κ3) is 13.5. The van der Waals surface area contributed by atoms with Crippen LogP contribution in [0.2, 0.25) is 0 Å². The Balaban J connectivity index is 1.15. The van der Waals surface area contributed by atoms with Crippen molar-refractivity contribution in [2.75, 3.05) is 20.3 Å². The van der Waals surface area contributed by atoms with E-state index in [9.17, 15) is 5.11 Å². The molecule has 11 heteroatoms. The summed E-state index contributed by atoms with van der Waals surface area (Å²) in [4.78, 5) is 0. The van der Waals surface area contributed by atoms with Crippen LogP contribution in [0.15, 0.2) is 182 Å². The summed E-state index contributed by atoms with van der Waals surface area (Å²) in [5.41, 5.74) is 5.78. The number of hydrogen-bond acceptors (Lipinski definition) is 11. The maximum atomic E-state index is 12.2. The highest BCUT2D eigenvalue weighted by molar-refractivity contribution is 5.18. The fourth-order valence-corrected chi connectivity index (χ4v) is 8.19. The summed E-state index contributed by atoms with van der Waals surface area (Å²) >= 11 is 0. The topological polar surface area (TPSA) is 113 Å². The van der Waals surface area contributed by atoms with Crippen molar-refractivity contribution < 1.29 is 52.5 Å². The summed E-state index contributed by atoms with van der Waals surface area (Å²) < 4.78 is 66.8. The molecule has 2 aliphatic heterocycles. The van der Waals surface area contributed by atoms with E-state index in [2.05, 4.69) is 0 Å². The summed E-state index contributed by atoms with van der Waals surface area (Å²) in [6.07, 6.45) is -9.11. The molecule has 6 aromatic rings. The van der Waals surface area contributed by atoms with E-state index in [0.717, 1.165) is 33.4 Å². The first kappa shape index (κ1) is 47.4. The molecule has 0 bridgehead atoms. The summed E-state index contributed by atoms with van der Waals surface area (Å²) in [5, 5.41) is 12.2. The molecule has 1 N–H and O–H groups in total. The van der Waals surface area contributed by atoms with Gasteiger partial charge >= 0.3 is 0 Å². The zero-order valence-electron chi connectivity index (χ0n) is 37.3. The number of aliphatic hydroxyl groups excluding tert-OH is 1. The fourth-order valence-electron chi connectivity index (χ4n) is 8.19. The number of benzene rings is 6. The third-order valence-corrected chi connectivity index (χ3v) is 11.7. The van der Waals surface area contributed by atoms with Crippen LogP contribution >= 0.6 is 0 Å². The van der Waals surface area contributed by atoms with Gasteiger partial charge in [0.1, 0.15) is 48.8 Å². The Labute approximate surface area is 388 Å². The van der Waals surface area contributed by atoms with Gasteiger partial charge < -0.3 is 52.5 Å². The summed E-state index contributed by atoms with van der Waals surface area (Å²) in [7, 11) is 1.59. The van der Waals surface area contributed by atoms with E-state index in [1.807, 2.05) is 182 Å². The molecule has 0 aromatic heterocycles. The highest BCUT2D eigenvalue weighted by Crippen LogP contribution is 2.36. The minimum absolute atomic E-state index is 0.0415. The zero-order valence-corrected chi connectivity index (χ0v) is 37.3. The van der Waals surface area contributed by atoms with E-state index in [1.54, 1.807) is 7.11 Å². The Hall–Kier alpha value is -5.12. The Morgan fingerprint density at radius 1 is 0.364 bits per heavy atom. The van der Waals surface area contributed by atoms with Gasteiger partial charge in [-0.15, -0.1) is 0 Å². The van der Waals surface area contributed by atoms with Gasteiger partial charge in [0.05, 0.1) is 52.9 Å². The molecule has 0 saturated carbocycles. The van der Waals surface area contributed by atoms with E-state index in [0.29, 0.717) is 13.2 Å². The molecule has 2 heterocycles. The van der Waals surface area contributed by atoms with Gasteiger partial charge in [0.2, 0.25) is 0 Å². The van der Waals surface area contributed by atoms with E-state index in [1.165, 1.54) is 0 Å². The molecule has 0 aliphatic carbocycles. The maximum absolute atomic E-state index is 12.2. The summed E-state index contributed by atoms with van der Waals surface area (Å²) in [6, 6.07) is 59.4. The Bertz CT molecular complexity index is 2220. The van der Waals surface area contributed by atoms with Crippen LogP contribution in [0, 0.1) is 0 Å². The van der Waals surface area contributed by atoms with E-state index in [-0.39, 0.29) is 39.6 Å². The molecule has 0 unspecified atom stereocenters. The second-order valence-electron chi connectivity index (χ2n) is 16.5. The van der Waals surface area contributed by atoms with Crippen molar-refractivity contribution in [1.82, 2.24) is 0 Å². The van der Waals surface area contributed by atoms with Gasteiger partial charge in [-0.05, 0) is 33.4 Å². The highest BCUT2D eigenvalue weighted by Gasteiger charge is 2.54. The largest absolute Gasteiger partial charge is 0.387 e. The molecule has 346 valence electrons. The first-order valence-electron chi connectivity index (χ1n) is 22.6. The SMILES string of the molecule is CO[C@@H]1O[C@H](COCc2ccccc2)[C@@H](O[C@@H]2O[C@H](COCc3ccccc3)[C@H](O)[C@H](OCc3ccccc3)[C@H]2OCc2ccccc2)[C@H](OCc2ccccc2)[C@H]1OCc1ccccc1. The second kappa shape index (κ2) is 25.1. The van der Waals surface area contributed by atoms with E-state index >= 15 is 0 Å². The van der Waals surface area contributed by atoms with Crippen LogP contribution in [0.5, 0.6) is 0 Å². The molecule has 2 fully saturated rings. The number of ether oxygens (including phenoxy) is 10. The molecule has 11 nitrogen and oxygen atoms in total. The summed E-state index contributed by atoms with van der Waals surface area (Å²) in [6.45, 7) is 1.68. The quantitative estimate of drug-likeness (QED) is 0.0668. The molecule has 8 rings (SSSR count). The van der Waals surface area contributed by atoms with Gasteiger partial charge in [-0.2, -0.15) is 0 Å². The molecule has 10 atom stereocenters. The van der Waals surface area contributed by atoms with Crippen LogP contribution in [0.1, 0.15) is 33.4 Å². The molecular weight excluding hydrogens is 837 g/mol. The first-order chi connectivity index (χ1) is 32.6. The zero-order chi connectivity index (χ0) is 45.2. The second-order valence-corrected chi connectivity index (χ2v) is 16.5. The predicted octanol–water partition coefficient (Wildman–Crippen LogP) is 8.60. The highest BCUT2D eigenvalue weighted by atomic mass is 16.8. The molecular formula is C55H60O11. The minimum atomic E-state index is -1.16. The van der Waals surface area contributed by atoms with Crippen LogP contribution < -0.4 is 0 Å². The average Bonchev–Trinajstić information content (AvgIpc) is 3.37. The van der Waals surface area contributed by atoms with E-state index in [4.69, 9.17) is 47.4 Å². The van der Waals surface area contributed by atoms with Crippen LogP contribution in [0.4, 0.5) is 0 Å². The van der Waals surface area contributed by atoms with Gasteiger partial charge in [-0.3, -0.25) is 0 Å². The lowest BCUT2D eigenvalue weighted by Gasteiger charge is -2.49. The number of aliphatic hydroxyl groups is 1. The molecule has 0 radical (unpaired) electrons. The van der Waals surface area contributed by atoms with Gasteiger partial charge in [-0.1, -0.05) is 182 Å². The van der Waals surface area contributed by atoms with Gasteiger partial charge in [-0.25, -0.2) is 0 Å². The Morgan fingerprint density at radius 2 is 0.682 bits per heavy atom. The van der Waals surface area contributed by atoms with Crippen LogP contribution in [0.3, 0.4) is 0 Å². The van der Waals surface area contributed by atoms with Crippen molar-refractivity contribution in [3.05, 3.63) is 215 Å².